The van der Waals surface area contributed by atoms with Crippen LogP contribution < -0.4 is 15.8 Å². The Balaban J connectivity index is 2.03. The standard InChI is InChI=1S/C15H15Cl2FN2O/c1-21-15-8-14(12(18)7-13(15)19)20-5-4-9-2-3-10(16)6-11(9)17/h2-3,6-8,20H,4-5,19H2,1H3. The zero-order chi connectivity index (χ0) is 15.4. The summed E-state index contributed by atoms with van der Waals surface area (Å²) in [5.41, 5.74) is 7.18. The van der Waals surface area contributed by atoms with Gasteiger partial charge in [0, 0.05) is 28.7 Å². The summed E-state index contributed by atoms with van der Waals surface area (Å²) in [6.07, 6.45) is 0.641. The van der Waals surface area contributed by atoms with Gasteiger partial charge in [-0.3, -0.25) is 0 Å². The van der Waals surface area contributed by atoms with Gasteiger partial charge in [0.25, 0.3) is 0 Å². The summed E-state index contributed by atoms with van der Waals surface area (Å²) in [6, 6.07) is 8.08. The van der Waals surface area contributed by atoms with E-state index in [-0.39, 0.29) is 5.69 Å². The number of benzene rings is 2. The minimum Gasteiger partial charge on any atom is -0.495 e. The normalized spacial score (nSPS) is 10.5. The Morgan fingerprint density at radius 1 is 1.24 bits per heavy atom. The molecule has 2 rings (SSSR count). The van der Waals surface area contributed by atoms with E-state index in [0.29, 0.717) is 34.4 Å². The highest BCUT2D eigenvalue weighted by Gasteiger charge is 2.08. The van der Waals surface area contributed by atoms with Gasteiger partial charge in [-0.25, -0.2) is 4.39 Å². The molecule has 3 N–H and O–H groups in total. The third kappa shape index (κ3) is 3.93. The van der Waals surface area contributed by atoms with E-state index in [1.807, 2.05) is 6.07 Å². The number of nitrogens with two attached hydrogens (primary N) is 1. The first-order valence-electron chi connectivity index (χ1n) is 6.32. The van der Waals surface area contributed by atoms with Crippen molar-refractivity contribution in [3.05, 3.63) is 51.8 Å². The van der Waals surface area contributed by atoms with Crippen LogP contribution in [0.15, 0.2) is 30.3 Å². The first kappa shape index (κ1) is 15.7. The van der Waals surface area contributed by atoms with Crippen molar-refractivity contribution in [2.75, 3.05) is 24.7 Å². The van der Waals surface area contributed by atoms with Crippen LogP contribution in [-0.2, 0) is 6.42 Å². The van der Waals surface area contributed by atoms with Crippen molar-refractivity contribution in [3.63, 3.8) is 0 Å². The van der Waals surface area contributed by atoms with Gasteiger partial charge in [-0.15, -0.1) is 0 Å². The number of ether oxygens (including phenoxy) is 1. The lowest BCUT2D eigenvalue weighted by Crippen LogP contribution is -2.07. The van der Waals surface area contributed by atoms with Gasteiger partial charge in [0.15, 0.2) is 0 Å². The zero-order valence-corrected chi connectivity index (χ0v) is 12.9. The van der Waals surface area contributed by atoms with Crippen LogP contribution >= 0.6 is 23.2 Å². The molecule has 0 atom stereocenters. The molecule has 0 fully saturated rings. The summed E-state index contributed by atoms with van der Waals surface area (Å²) in [4.78, 5) is 0. The molecule has 0 heterocycles. The average Bonchev–Trinajstić information content (AvgIpc) is 2.43. The summed E-state index contributed by atoms with van der Waals surface area (Å²) in [5, 5.41) is 4.19. The molecule has 3 nitrogen and oxygen atoms in total. The SMILES string of the molecule is COc1cc(NCCc2ccc(Cl)cc2Cl)c(F)cc1N. The summed E-state index contributed by atoms with van der Waals surface area (Å²) in [5.74, 6) is 0.0129. The number of anilines is 2. The molecule has 0 aliphatic rings. The van der Waals surface area contributed by atoms with E-state index < -0.39 is 5.82 Å². The molecule has 2 aromatic rings. The quantitative estimate of drug-likeness (QED) is 0.801. The molecular weight excluding hydrogens is 314 g/mol. The number of halogens is 3. The summed E-state index contributed by atoms with van der Waals surface area (Å²) in [7, 11) is 1.49. The largest absolute Gasteiger partial charge is 0.495 e. The predicted molar refractivity (Wildman–Crippen MR) is 86.0 cm³/mol. The Labute approximate surface area is 132 Å². The number of nitrogens with one attached hydrogen (secondary N) is 1. The topological polar surface area (TPSA) is 47.3 Å². The summed E-state index contributed by atoms with van der Waals surface area (Å²) in [6.45, 7) is 0.519. The fourth-order valence-electron chi connectivity index (χ4n) is 1.94. The second-order valence-electron chi connectivity index (χ2n) is 4.49. The van der Waals surface area contributed by atoms with E-state index in [1.54, 1.807) is 12.1 Å². The smallest absolute Gasteiger partial charge is 0.148 e. The van der Waals surface area contributed by atoms with Gasteiger partial charge in [-0.05, 0) is 24.1 Å². The highest BCUT2D eigenvalue weighted by Crippen LogP contribution is 2.28. The summed E-state index contributed by atoms with van der Waals surface area (Å²) >= 11 is 11.9. The van der Waals surface area contributed by atoms with Crippen molar-refractivity contribution in [2.24, 2.45) is 0 Å². The van der Waals surface area contributed by atoms with E-state index in [0.717, 1.165) is 5.56 Å². The second-order valence-corrected chi connectivity index (χ2v) is 5.33. The number of methoxy groups -OCH3 is 1. The predicted octanol–water partition coefficient (Wildman–Crippen LogP) is 4.38. The number of rotatable bonds is 5. The van der Waals surface area contributed by atoms with E-state index in [9.17, 15) is 4.39 Å². The van der Waals surface area contributed by atoms with Crippen LogP contribution in [0.3, 0.4) is 0 Å². The highest BCUT2D eigenvalue weighted by atomic mass is 35.5. The third-order valence-electron chi connectivity index (χ3n) is 3.04. The Hall–Kier alpha value is -1.65. The van der Waals surface area contributed by atoms with E-state index in [4.69, 9.17) is 33.7 Å². The molecule has 0 radical (unpaired) electrons. The lowest BCUT2D eigenvalue weighted by molar-refractivity contribution is 0.416. The van der Waals surface area contributed by atoms with Gasteiger partial charge in [-0.2, -0.15) is 0 Å². The van der Waals surface area contributed by atoms with Crippen molar-refractivity contribution >= 4 is 34.6 Å². The van der Waals surface area contributed by atoms with Gasteiger partial charge >= 0.3 is 0 Å². The molecule has 0 saturated heterocycles. The first-order chi connectivity index (χ1) is 10.0. The van der Waals surface area contributed by atoms with Crippen molar-refractivity contribution in [1.29, 1.82) is 0 Å². The molecule has 0 saturated carbocycles. The maximum absolute atomic E-state index is 13.8. The number of hydrogen-bond donors (Lipinski definition) is 2. The van der Waals surface area contributed by atoms with Gasteiger partial charge in [0.1, 0.15) is 11.6 Å². The lowest BCUT2D eigenvalue weighted by atomic mass is 10.1. The minimum absolute atomic E-state index is 0.265. The van der Waals surface area contributed by atoms with E-state index >= 15 is 0 Å². The fraction of sp³-hybridized carbons (Fsp3) is 0.200. The maximum Gasteiger partial charge on any atom is 0.148 e. The molecule has 0 aliphatic heterocycles. The van der Waals surface area contributed by atoms with Gasteiger partial charge in [0.05, 0.1) is 18.5 Å². The molecule has 0 amide bonds. The number of hydrogen-bond acceptors (Lipinski definition) is 3. The molecule has 2 aromatic carbocycles. The lowest BCUT2D eigenvalue weighted by Gasteiger charge is -2.12. The van der Waals surface area contributed by atoms with Crippen molar-refractivity contribution in [1.82, 2.24) is 0 Å². The van der Waals surface area contributed by atoms with Crippen LogP contribution in [0.2, 0.25) is 10.0 Å². The van der Waals surface area contributed by atoms with Crippen molar-refractivity contribution < 1.29 is 9.13 Å². The van der Waals surface area contributed by atoms with Crippen LogP contribution in [0.4, 0.5) is 15.8 Å². The highest BCUT2D eigenvalue weighted by molar-refractivity contribution is 6.35. The van der Waals surface area contributed by atoms with Crippen LogP contribution in [0.25, 0.3) is 0 Å². The molecule has 0 aliphatic carbocycles. The molecule has 0 aromatic heterocycles. The Morgan fingerprint density at radius 3 is 2.67 bits per heavy atom. The molecule has 0 bridgehead atoms. The molecule has 0 unspecified atom stereocenters. The van der Waals surface area contributed by atoms with Crippen LogP contribution in [0, 0.1) is 5.82 Å². The molecular formula is C15H15Cl2FN2O. The molecule has 6 heteroatoms. The maximum atomic E-state index is 13.8. The van der Waals surface area contributed by atoms with Crippen LogP contribution in [-0.4, -0.2) is 13.7 Å². The van der Waals surface area contributed by atoms with Crippen LogP contribution in [0.1, 0.15) is 5.56 Å². The first-order valence-corrected chi connectivity index (χ1v) is 7.07. The molecule has 0 spiro atoms. The zero-order valence-electron chi connectivity index (χ0n) is 11.4. The molecule has 21 heavy (non-hydrogen) atoms. The average molecular weight is 329 g/mol. The fourth-order valence-corrected chi connectivity index (χ4v) is 2.44. The third-order valence-corrected chi connectivity index (χ3v) is 3.63. The monoisotopic (exact) mass is 328 g/mol. The van der Waals surface area contributed by atoms with Crippen LogP contribution in [0.5, 0.6) is 5.75 Å². The van der Waals surface area contributed by atoms with Gasteiger partial charge in [-0.1, -0.05) is 29.3 Å². The van der Waals surface area contributed by atoms with Gasteiger partial charge in [0.2, 0.25) is 0 Å². The van der Waals surface area contributed by atoms with E-state index in [2.05, 4.69) is 5.32 Å². The minimum atomic E-state index is -0.421. The van der Waals surface area contributed by atoms with Crippen molar-refractivity contribution in [2.45, 2.75) is 6.42 Å². The van der Waals surface area contributed by atoms with Gasteiger partial charge < -0.3 is 15.8 Å². The number of nitrogen functional groups attached to an aromatic ring is 1. The second kappa shape index (κ2) is 6.87. The molecule has 112 valence electrons. The Morgan fingerprint density at radius 2 is 2.00 bits per heavy atom. The Bertz CT molecular complexity index is 650. The van der Waals surface area contributed by atoms with E-state index in [1.165, 1.54) is 19.2 Å². The van der Waals surface area contributed by atoms with Crippen molar-refractivity contribution in [3.8, 4) is 5.75 Å². The summed E-state index contributed by atoms with van der Waals surface area (Å²) < 4.78 is 18.9. The Kier molecular flexibility index (Phi) is 5.15.